The van der Waals surface area contributed by atoms with Gasteiger partial charge >= 0.3 is 6.03 Å². The summed E-state index contributed by atoms with van der Waals surface area (Å²) in [5.41, 5.74) is 6.29. The Hall–Kier alpha value is -2.84. The van der Waals surface area contributed by atoms with Crippen LogP contribution in [-0.2, 0) is 6.42 Å². The molecule has 30 heavy (non-hydrogen) atoms. The highest BCUT2D eigenvalue weighted by atomic mass is 19.1. The van der Waals surface area contributed by atoms with Crippen molar-refractivity contribution >= 4 is 11.7 Å². The van der Waals surface area contributed by atoms with Crippen LogP contribution in [0.2, 0.25) is 0 Å². The number of hydrogen-bond acceptors (Lipinski definition) is 5. The van der Waals surface area contributed by atoms with Gasteiger partial charge in [0.15, 0.2) is 0 Å². The molecule has 1 spiro atoms. The number of nitrogens with two attached hydrogens (primary N) is 1. The number of carbonyl (C=O) groups is 1. The first kappa shape index (κ1) is 20.4. The van der Waals surface area contributed by atoms with Gasteiger partial charge < -0.3 is 30.5 Å². The van der Waals surface area contributed by atoms with Crippen LogP contribution in [0.5, 0.6) is 11.5 Å². The summed E-state index contributed by atoms with van der Waals surface area (Å²) in [5.74, 6) is 1.00. The van der Waals surface area contributed by atoms with E-state index in [0.717, 1.165) is 43.7 Å². The van der Waals surface area contributed by atoms with Crippen LogP contribution in [0.1, 0.15) is 18.4 Å². The van der Waals surface area contributed by atoms with Crippen LogP contribution in [0.3, 0.4) is 0 Å². The van der Waals surface area contributed by atoms with E-state index in [-0.39, 0.29) is 18.0 Å². The van der Waals surface area contributed by atoms with Gasteiger partial charge in [-0.3, -0.25) is 0 Å². The minimum Gasteiger partial charge on any atom is -0.489 e. The number of halogens is 1. The highest BCUT2D eigenvalue weighted by Gasteiger charge is 2.42. The fraction of sp³-hybridized carbons (Fsp3) is 0.409. The van der Waals surface area contributed by atoms with Crippen LogP contribution < -0.4 is 20.5 Å². The predicted molar refractivity (Wildman–Crippen MR) is 110 cm³/mol. The number of fused-ring (bicyclic) bond motifs is 1. The maximum atomic E-state index is 13.5. The zero-order valence-corrected chi connectivity index (χ0v) is 16.6. The number of β-amino-alcohol motifs (C(OH)–C–C–N with tert-alkyl or cyclic N) is 1. The van der Waals surface area contributed by atoms with Crippen LogP contribution in [-0.4, -0.2) is 54.0 Å². The molecule has 160 valence electrons. The molecule has 4 N–H and O–H groups in total. The molecule has 1 saturated heterocycles. The highest BCUT2D eigenvalue weighted by molar-refractivity contribution is 5.89. The van der Waals surface area contributed by atoms with Crippen molar-refractivity contribution in [2.45, 2.75) is 31.0 Å². The van der Waals surface area contributed by atoms with E-state index in [0.29, 0.717) is 18.0 Å². The van der Waals surface area contributed by atoms with Gasteiger partial charge in [-0.1, -0.05) is 12.1 Å². The average Bonchev–Trinajstić information content (AvgIpc) is 3.06. The third kappa shape index (κ3) is 4.66. The Bertz CT molecular complexity index is 915. The maximum absolute atomic E-state index is 13.5. The first-order chi connectivity index (χ1) is 14.4. The zero-order chi connectivity index (χ0) is 21.1. The molecule has 2 aliphatic rings. The van der Waals surface area contributed by atoms with Crippen LogP contribution in [0.25, 0.3) is 0 Å². The van der Waals surface area contributed by atoms with E-state index in [9.17, 15) is 14.3 Å². The van der Waals surface area contributed by atoms with E-state index in [1.165, 1.54) is 6.07 Å². The number of anilines is 1. The lowest BCUT2D eigenvalue weighted by Gasteiger charge is -2.39. The number of aliphatic hydroxyl groups excluding tert-OH is 1. The van der Waals surface area contributed by atoms with Crippen molar-refractivity contribution < 1.29 is 23.8 Å². The molecular formula is C22H26FN3O4. The molecule has 7 nitrogen and oxygen atoms in total. The van der Waals surface area contributed by atoms with E-state index in [1.807, 2.05) is 0 Å². The Kier molecular flexibility index (Phi) is 5.78. The Morgan fingerprint density at radius 3 is 2.83 bits per heavy atom. The van der Waals surface area contributed by atoms with Crippen LogP contribution in [0, 0.1) is 5.82 Å². The molecular weight excluding hydrogens is 389 g/mol. The van der Waals surface area contributed by atoms with Gasteiger partial charge in [-0.05, 0) is 30.3 Å². The summed E-state index contributed by atoms with van der Waals surface area (Å²) in [6.45, 7) is 2.14. The number of para-hydroxylation sites is 2. The van der Waals surface area contributed by atoms with Crippen molar-refractivity contribution in [2.75, 3.05) is 31.6 Å². The fourth-order valence-corrected chi connectivity index (χ4v) is 4.19. The Morgan fingerprint density at radius 2 is 2.07 bits per heavy atom. The summed E-state index contributed by atoms with van der Waals surface area (Å²) in [5, 5.41) is 12.9. The summed E-state index contributed by atoms with van der Waals surface area (Å²) in [4.78, 5) is 13.3. The summed E-state index contributed by atoms with van der Waals surface area (Å²) in [6, 6.07) is 11.0. The first-order valence-electron chi connectivity index (χ1n) is 10.1. The molecule has 0 bridgehead atoms. The van der Waals surface area contributed by atoms with Crippen LogP contribution >= 0.6 is 0 Å². The number of ether oxygens (including phenoxy) is 2. The lowest BCUT2D eigenvalue weighted by molar-refractivity contribution is -0.00191. The molecule has 2 heterocycles. The second-order valence-corrected chi connectivity index (χ2v) is 7.96. The summed E-state index contributed by atoms with van der Waals surface area (Å²) < 4.78 is 25.3. The number of carbonyl (C=O) groups excluding carboxylic acids is 1. The van der Waals surface area contributed by atoms with Gasteiger partial charge in [0.1, 0.15) is 35.6 Å². The maximum Gasteiger partial charge on any atom is 0.316 e. The molecule has 0 unspecified atom stereocenters. The van der Waals surface area contributed by atoms with E-state index in [4.69, 9.17) is 15.2 Å². The number of nitrogens with zero attached hydrogens (tertiary/aromatic N) is 1. The second kappa shape index (κ2) is 8.49. The average molecular weight is 415 g/mol. The van der Waals surface area contributed by atoms with Crippen molar-refractivity contribution in [3.05, 3.63) is 53.8 Å². The number of hydrogen-bond donors (Lipinski definition) is 3. The minimum atomic E-state index is -0.684. The topological polar surface area (TPSA) is 97.1 Å². The monoisotopic (exact) mass is 415 g/mol. The normalized spacial score (nSPS) is 18.5. The van der Waals surface area contributed by atoms with Crippen molar-refractivity contribution in [1.29, 1.82) is 0 Å². The SMILES string of the molecule is NC(=O)Nc1ccccc1OC[C@@H](O)CN1CCC2(CC1)Cc1cc(F)ccc1O2. The first-order valence-corrected chi connectivity index (χ1v) is 10.1. The molecule has 0 saturated carbocycles. The fourth-order valence-electron chi connectivity index (χ4n) is 4.19. The van der Waals surface area contributed by atoms with Gasteiger partial charge in [0, 0.05) is 44.5 Å². The van der Waals surface area contributed by atoms with Gasteiger partial charge in [-0.2, -0.15) is 0 Å². The molecule has 0 aromatic heterocycles. The number of aliphatic hydroxyl groups is 1. The number of nitrogens with one attached hydrogen (secondary N) is 1. The molecule has 8 heteroatoms. The van der Waals surface area contributed by atoms with Crippen molar-refractivity contribution in [2.24, 2.45) is 5.73 Å². The number of piperidine rings is 1. The van der Waals surface area contributed by atoms with E-state index in [2.05, 4.69) is 10.2 Å². The molecule has 1 atom stereocenters. The lowest BCUT2D eigenvalue weighted by Crippen LogP contribution is -2.49. The van der Waals surface area contributed by atoms with Gasteiger partial charge in [0.05, 0.1) is 5.69 Å². The molecule has 2 amide bonds. The number of likely N-dealkylation sites (tertiary alicyclic amines) is 1. The van der Waals surface area contributed by atoms with E-state index in [1.54, 1.807) is 36.4 Å². The molecule has 2 aromatic rings. The smallest absolute Gasteiger partial charge is 0.316 e. The molecule has 2 aromatic carbocycles. The molecule has 4 rings (SSSR count). The standard InChI is InChI=1S/C22H26FN3O4/c23-16-5-6-19-15(11-16)12-22(30-19)7-9-26(10-8-22)13-17(27)14-29-20-4-2-1-3-18(20)25-21(24)28/h1-6,11,17,27H,7-10,12-14H2,(H3,24,25,28)/t17-/m0/s1. The molecule has 2 aliphatic heterocycles. The second-order valence-electron chi connectivity index (χ2n) is 7.96. The Balaban J connectivity index is 1.26. The predicted octanol–water partition coefficient (Wildman–Crippen LogP) is 2.53. The number of primary amides is 1. The minimum absolute atomic E-state index is 0.0975. The van der Waals surface area contributed by atoms with Crippen molar-refractivity contribution in [1.82, 2.24) is 4.90 Å². The van der Waals surface area contributed by atoms with E-state index < -0.39 is 12.1 Å². The van der Waals surface area contributed by atoms with Gasteiger partial charge in [0.2, 0.25) is 0 Å². The number of rotatable bonds is 6. The quantitative estimate of drug-likeness (QED) is 0.674. The van der Waals surface area contributed by atoms with Gasteiger partial charge in [-0.15, -0.1) is 0 Å². The lowest BCUT2D eigenvalue weighted by atomic mass is 9.87. The van der Waals surface area contributed by atoms with Gasteiger partial charge in [0.25, 0.3) is 0 Å². The Labute approximate surface area is 174 Å². The Morgan fingerprint density at radius 1 is 1.30 bits per heavy atom. The van der Waals surface area contributed by atoms with Crippen molar-refractivity contribution in [3.63, 3.8) is 0 Å². The largest absolute Gasteiger partial charge is 0.489 e. The molecule has 0 aliphatic carbocycles. The summed E-state index contributed by atoms with van der Waals surface area (Å²) >= 11 is 0. The number of amides is 2. The highest BCUT2D eigenvalue weighted by Crippen LogP contribution is 2.41. The van der Waals surface area contributed by atoms with Crippen molar-refractivity contribution in [3.8, 4) is 11.5 Å². The summed E-state index contributed by atoms with van der Waals surface area (Å²) in [7, 11) is 0. The molecule has 1 fully saturated rings. The number of benzene rings is 2. The van der Waals surface area contributed by atoms with Crippen LogP contribution in [0.15, 0.2) is 42.5 Å². The third-order valence-electron chi connectivity index (χ3n) is 5.67. The zero-order valence-electron chi connectivity index (χ0n) is 16.6. The number of urea groups is 1. The van der Waals surface area contributed by atoms with Crippen LogP contribution in [0.4, 0.5) is 14.9 Å². The van der Waals surface area contributed by atoms with Gasteiger partial charge in [-0.25, -0.2) is 9.18 Å². The van der Waals surface area contributed by atoms with E-state index >= 15 is 0 Å². The third-order valence-corrected chi connectivity index (χ3v) is 5.67. The molecule has 0 radical (unpaired) electrons. The summed E-state index contributed by atoms with van der Waals surface area (Å²) in [6.07, 6.45) is 1.68.